The number of hydrogen-bond acceptors (Lipinski definition) is 3. The Morgan fingerprint density at radius 1 is 1.54 bits per heavy atom. The number of ether oxygens (including phenoxy) is 2. The summed E-state index contributed by atoms with van der Waals surface area (Å²) in [7, 11) is 0. The normalized spacial score (nSPS) is 52.0. The Bertz CT molecular complexity index is 333. The molecule has 0 aromatic carbocycles. The van der Waals surface area contributed by atoms with Crippen LogP contribution in [-0.2, 0) is 14.3 Å². The highest BCUT2D eigenvalue weighted by molar-refractivity contribution is 5.87. The van der Waals surface area contributed by atoms with Crippen molar-refractivity contribution in [3.05, 3.63) is 11.6 Å². The summed E-state index contributed by atoms with van der Waals surface area (Å²) in [5.74, 6) is -0.211. The average Bonchev–Trinajstić information content (AvgIpc) is 2.54. The molecule has 3 nitrogen and oxygen atoms in total. The molecule has 2 heterocycles. The zero-order chi connectivity index (χ0) is 9.27. The Morgan fingerprint density at radius 2 is 2.31 bits per heavy atom. The summed E-state index contributed by atoms with van der Waals surface area (Å²) < 4.78 is 11.0. The Labute approximate surface area is 76.7 Å². The van der Waals surface area contributed by atoms with Gasteiger partial charge in [-0.2, -0.15) is 0 Å². The molecule has 3 heteroatoms. The molecule has 0 radical (unpaired) electrons. The van der Waals surface area contributed by atoms with Crippen LogP contribution in [0.25, 0.3) is 0 Å². The van der Waals surface area contributed by atoms with Crippen LogP contribution in [0.4, 0.5) is 0 Å². The molecule has 0 aromatic rings. The van der Waals surface area contributed by atoms with Gasteiger partial charge in [-0.05, 0) is 32.3 Å². The fraction of sp³-hybridized carbons (Fsp3) is 0.700. The van der Waals surface area contributed by atoms with E-state index >= 15 is 0 Å². The van der Waals surface area contributed by atoms with Gasteiger partial charge >= 0.3 is 5.97 Å². The number of carbonyl (C=O) groups is 1. The van der Waals surface area contributed by atoms with Crippen LogP contribution in [0.15, 0.2) is 11.6 Å². The highest BCUT2D eigenvalue weighted by Crippen LogP contribution is 2.60. The van der Waals surface area contributed by atoms with Gasteiger partial charge in [-0.3, -0.25) is 0 Å². The molecule has 3 aliphatic rings. The van der Waals surface area contributed by atoms with E-state index in [1.54, 1.807) is 6.08 Å². The molecule has 0 N–H and O–H groups in total. The van der Waals surface area contributed by atoms with E-state index in [9.17, 15) is 4.79 Å². The van der Waals surface area contributed by atoms with Crippen molar-refractivity contribution in [1.29, 1.82) is 0 Å². The van der Waals surface area contributed by atoms with Gasteiger partial charge in [-0.1, -0.05) is 0 Å². The van der Waals surface area contributed by atoms with Crippen molar-refractivity contribution in [3.63, 3.8) is 0 Å². The maximum absolute atomic E-state index is 11.1. The van der Waals surface area contributed by atoms with Gasteiger partial charge < -0.3 is 9.47 Å². The van der Waals surface area contributed by atoms with Crippen LogP contribution < -0.4 is 0 Å². The molecule has 0 bridgehead atoms. The molecule has 1 saturated heterocycles. The van der Waals surface area contributed by atoms with Crippen molar-refractivity contribution in [2.45, 2.75) is 44.0 Å². The second kappa shape index (κ2) is 1.82. The Hall–Kier alpha value is -0.830. The first-order valence-electron chi connectivity index (χ1n) is 4.66. The topological polar surface area (TPSA) is 38.8 Å². The van der Waals surface area contributed by atoms with Gasteiger partial charge in [0.2, 0.25) is 0 Å². The number of fused-ring (bicyclic) bond motifs is 2. The lowest BCUT2D eigenvalue weighted by molar-refractivity contribution is -0.148. The van der Waals surface area contributed by atoms with Gasteiger partial charge in [0.15, 0.2) is 5.60 Å². The summed E-state index contributed by atoms with van der Waals surface area (Å²) in [5.41, 5.74) is 0.620. The third-order valence-corrected chi connectivity index (χ3v) is 3.59. The number of hydrogen-bond donors (Lipinski definition) is 0. The molecule has 13 heavy (non-hydrogen) atoms. The van der Waals surface area contributed by atoms with Gasteiger partial charge in [-0.25, -0.2) is 4.79 Å². The predicted molar refractivity (Wildman–Crippen MR) is 45.1 cm³/mol. The van der Waals surface area contributed by atoms with Crippen molar-refractivity contribution >= 4 is 5.97 Å². The van der Waals surface area contributed by atoms with E-state index in [1.165, 1.54) is 0 Å². The third kappa shape index (κ3) is 0.718. The molecule has 0 amide bonds. The monoisotopic (exact) mass is 180 g/mol. The molecule has 3 rings (SSSR count). The molecule has 2 fully saturated rings. The van der Waals surface area contributed by atoms with Crippen molar-refractivity contribution in [2.24, 2.45) is 0 Å². The van der Waals surface area contributed by atoms with E-state index in [0.717, 1.165) is 18.4 Å². The molecule has 1 saturated carbocycles. The van der Waals surface area contributed by atoms with Crippen LogP contribution >= 0.6 is 0 Å². The summed E-state index contributed by atoms with van der Waals surface area (Å²) in [6, 6.07) is 0. The van der Waals surface area contributed by atoms with Crippen LogP contribution in [0.3, 0.4) is 0 Å². The fourth-order valence-corrected chi connectivity index (χ4v) is 2.68. The van der Waals surface area contributed by atoms with E-state index in [2.05, 4.69) is 6.92 Å². The number of rotatable bonds is 0. The quantitative estimate of drug-likeness (QED) is 0.415. The summed E-state index contributed by atoms with van der Waals surface area (Å²) in [6.07, 6.45) is 3.62. The number of carbonyl (C=O) groups excluding carboxylic acids is 1. The lowest BCUT2D eigenvalue weighted by Gasteiger charge is -2.24. The zero-order valence-corrected chi connectivity index (χ0v) is 7.79. The standard InChI is InChI=1S/C10H12O3/c1-6-5-7(11)12-10(6)4-3-9(2)8(10)13-9/h5,8H,3-4H2,1-2H3/t8-,9-,10-/m1/s1. The van der Waals surface area contributed by atoms with Crippen LogP contribution in [0.5, 0.6) is 0 Å². The second-order valence-corrected chi connectivity index (χ2v) is 4.45. The van der Waals surface area contributed by atoms with Crippen molar-refractivity contribution in [1.82, 2.24) is 0 Å². The van der Waals surface area contributed by atoms with E-state index in [4.69, 9.17) is 9.47 Å². The second-order valence-electron chi connectivity index (χ2n) is 4.45. The minimum atomic E-state index is -0.397. The van der Waals surface area contributed by atoms with Crippen molar-refractivity contribution in [2.75, 3.05) is 0 Å². The predicted octanol–water partition coefficient (Wildman–Crippen LogP) is 1.18. The van der Waals surface area contributed by atoms with Gasteiger partial charge in [-0.15, -0.1) is 0 Å². The summed E-state index contributed by atoms with van der Waals surface area (Å²) in [6.45, 7) is 4.05. The van der Waals surface area contributed by atoms with Gasteiger partial charge in [0.1, 0.15) is 6.10 Å². The Kier molecular flexibility index (Phi) is 1.06. The lowest BCUT2D eigenvalue weighted by Crippen LogP contribution is -2.35. The van der Waals surface area contributed by atoms with Crippen LogP contribution in [0.1, 0.15) is 26.7 Å². The van der Waals surface area contributed by atoms with Crippen molar-refractivity contribution < 1.29 is 14.3 Å². The Morgan fingerprint density at radius 3 is 2.69 bits per heavy atom. The zero-order valence-electron chi connectivity index (χ0n) is 7.79. The van der Waals surface area contributed by atoms with E-state index in [0.29, 0.717) is 0 Å². The van der Waals surface area contributed by atoms with E-state index in [-0.39, 0.29) is 17.7 Å². The smallest absolute Gasteiger partial charge is 0.331 e. The molecule has 0 unspecified atom stereocenters. The van der Waals surface area contributed by atoms with Gasteiger partial charge in [0, 0.05) is 6.08 Å². The highest BCUT2D eigenvalue weighted by atomic mass is 16.7. The first-order valence-corrected chi connectivity index (χ1v) is 4.66. The summed E-state index contributed by atoms with van der Waals surface area (Å²) in [5, 5.41) is 0. The minimum Gasteiger partial charge on any atom is -0.448 e. The summed E-state index contributed by atoms with van der Waals surface area (Å²) >= 11 is 0. The average molecular weight is 180 g/mol. The highest BCUT2D eigenvalue weighted by Gasteiger charge is 2.72. The largest absolute Gasteiger partial charge is 0.448 e. The van der Waals surface area contributed by atoms with E-state index < -0.39 is 5.60 Å². The first kappa shape index (κ1) is 7.56. The lowest BCUT2D eigenvalue weighted by atomic mass is 9.93. The molecule has 2 aliphatic heterocycles. The van der Waals surface area contributed by atoms with E-state index in [1.807, 2.05) is 6.92 Å². The first-order chi connectivity index (χ1) is 6.07. The van der Waals surface area contributed by atoms with Crippen molar-refractivity contribution in [3.8, 4) is 0 Å². The minimum absolute atomic E-state index is 0.0142. The molecule has 70 valence electrons. The van der Waals surface area contributed by atoms with Gasteiger partial charge in [0.25, 0.3) is 0 Å². The summed E-state index contributed by atoms with van der Waals surface area (Å²) in [4.78, 5) is 11.1. The molecule has 1 spiro atoms. The van der Waals surface area contributed by atoms with Crippen LogP contribution in [0, 0.1) is 0 Å². The molecule has 1 aliphatic carbocycles. The maximum Gasteiger partial charge on any atom is 0.331 e. The molecular formula is C10H12O3. The number of epoxide rings is 1. The molecule has 0 aromatic heterocycles. The molecule has 3 atom stereocenters. The SMILES string of the molecule is CC1=CC(=O)O[C@]12CC[C@@]1(C)O[C@H]12. The molecular weight excluding hydrogens is 168 g/mol. The van der Waals surface area contributed by atoms with Crippen LogP contribution in [-0.4, -0.2) is 23.3 Å². The van der Waals surface area contributed by atoms with Crippen LogP contribution in [0.2, 0.25) is 0 Å². The van der Waals surface area contributed by atoms with Gasteiger partial charge in [0.05, 0.1) is 5.60 Å². The fourth-order valence-electron chi connectivity index (χ4n) is 2.68. The maximum atomic E-state index is 11.1. The Balaban J connectivity index is 2.01. The third-order valence-electron chi connectivity index (χ3n) is 3.59. The number of esters is 1.